The van der Waals surface area contributed by atoms with Crippen LogP contribution in [0.5, 0.6) is 0 Å². The van der Waals surface area contributed by atoms with Gasteiger partial charge in [-0.2, -0.15) is 23.4 Å². The zero-order valence-electron chi connectivity index (χ0n) is 11.6. The molecule has 6 heteroatoms. The first-order valence-electron chi connectivity index (χ1n) is 6.52. The second kappa shape index (κ2) is 5.81. The summed E-state index contributed by atoms with van der Waals surface area (Å²) >= 11 is 0. The molecule has 1 heterocycles. The Hall–Kier alpha value is -1.95. The Bertz CT molecular complexity index is 641. The molecule has 2 rings (SSSR count). The van der Waals surface area contributed by atoms with E-state index < -0.39 is 17.8 Å². The van der Waals surface area contributed by atoms with Crippen molar-refractivity contribution in [3.05, 3.63) is 58.4 Å². The Kier molecular flexibility index (Phi) is 4.27. The molecule has 112 valence electrons. The number of aromatic nitrogens is 2. The van der Waals surface area contributed by atoms with E-state index in [9.17, 15) is 18.3 Å². The minimum absolute atomic E-state index is 0.174. The van der Waals surface area contributed by atoms with Crippen molar-refractivity contribution in [3.8, 4) is 0 Å². The van der Waals surface area contributed by atoms with Gasteiger partial charge in [0, 0.05) is 5.56 Å². The van der Waals surface area contributed by atoms with E-state index in [1.54, 1.807) is 13.0 Å². The Morgan fingerprint density at radius 3 is 2.43 bits per heavy atom. The molecule has 1 N–H and O–H groups in total. The fourth-order valence-electron chi connectivity index (χ4n) is 2.21. The summed E-state index contributed by atoms with van der Waals surface area (Å²) in [6.07, 6.45) is -5.42. The van der Waals surface area contributed by atoms with Crippen LogP contribution in [0.15, 0.2) is 30.3 Å². The molecule has 0 bridgehead atoms. The van der Waals surface area contributed by atoms with Crippen LogP contribution in [0, 0.1) is 6.92 Å². The summed E-state index contributed by atoms with van der Waals surface area (Å²) < 4.78 is 39.1. The van der Waals surface area contributed by atoms with Gasteiger partial charge in [0.15, 0.2) is 0 Å². The third-order valence-electron chi connectivity index (χ3n) is 3.22. The average molecular weight is 296 g/mol. The third-order valence-corrected chi connectivity index (χ3v) is 3.22. The summed E-state index contributed by atoms with van der Waals surface area (Å²) in [7, 11) is 0. The number of hydrogen-bond donors (Lipinski definition) is 1. The molecule has 21 heavy (non-hydrogen) atoms. The van der Waals surface area contributed by atoms with Crippen LogP contribution in [0.2, 0.25) is 0 Å². The van der Waals surface area contributed by atoms with Crippen LogP contribution in [-0.2, 0) is 12.6 Å². The lowest BCUT2D eigenvalue weighted by atomic mass is 9.95. The van der Waals surface area contributed by atoms with E-state index in [2.05, 4.69) is 10.2 Å². The van der Waals surface area contributed by atoms with Crippen LogP contribution in [-0.4, -0.2) is 15.3 Å². The van der Waals surface area contributed by atoms with Gasteiger partial charge in [-0.15, -0.1) is 0 Å². The van der Waals surface area contributed by atoms with Crippen molar-refractivity contribution >= 4 is 0 Å². The number of rotatable bonds is 3. The summed E-state index contributed by atoms with van der Waals surface area (Å²) in [5, 5.41) is 18.2. The maximum Gasteiger partial charge on any atom is 0.416 e. The number of halogens is 3. The van der Waals surface area contributed by atoms with Crippen LogP contribution in [0.3, 0.4) is 0 Å². The maximum absolute atomic E-state index is 13.0. The lowest BCUT2D eigenvalue weighted by molar-refractivity contribution is -0.139. The van der Waals surface area contributed by atoms with E-state index in [-0.39, 0.29) is 5.56 Å². The van der Waals surface area contributed by atoms with Gasteiger partial charge in [0.1, 0.15) is 6.10 Å². The molecule has 0 amide bonds. The third kappa shape index (κ3) is 3.21. The van der Waals surface area contributed by atoms with E-state index >= 15 is 0 Å². The van der Waals surface area contributed by atoms with Crippen molar-refractivity contribution in [2.24, 2.45) is 0 Å². The van der Waals surface area contributed by atoms with Crippen LogP contribution in [0.1, 0.15) is 41.1 Å². The Morgan fingerprint density at radius 1 is 1.14 bits per heavy atom. The molecule has 3 nitrogen and oxygen atoms in total. The fourth-order valence-corrected chi connectivity index (χ4v) is 2.21. The van der Waals surface area contributed by atoms with Crippen molar-refractivity contribution in [3.63, 3.8) is 0 Å². The summed E-state index contributed by atoms with van der Waals surface area (Å²) in [5.41, 5.74) is 0.388. The highest BCUT2D eigenvalue weighted by Crippen LogP contribution is 2.36. The van der Waals surface area contributed by atoms with Gasteiger partial charge in [-0.3, -0.25) is 0 Å². The zero-order valence-corrected chi connectivity index (χ0v) is 11.6. The molecule has 0 aliphatic carbocycles. The molecule has 1 aromatic heterocycles. The molecule has 1 unspecified atom stereocenters. The van der Waals surface area contributed by atoms with Gasteiger partial charge in [-0.05, 0) is 31.0 Å². The molecule has 0 radical (unpaired) electrons. The average Bonchev–Trinajstić information content (AvgIpc) is 2.45. The number of alkyl halides is 3. The first kappa shape index (κ1) is 15.4. The molecule has 0 fully saturated rings. The summed E-state index contributed by atoms with van der Waals surface area (Å²) in [6, 6.07) is 6.59. The maximum atomic E-state index is 13.0. The normalized spacial score (nSPS) is 13.2. The van der Waals surface area contributed by atoms with Gasteiger partial charge < -0.3 is 5.11 Å². The zero-order chi connectivity index (χ0) is 15.6. The molecular formula is C15H15F3N2O. The molecular weight excluding hydrogens is 281 g/mol. The monoisotopic (exact) mass is 296 g/mol. The number of aliphatic hydroxyl groups excluding tert-OH is 1. The smallest absolute Gasteiger partial charge is 0.384 e. The number of benzene rings is 1. The highest BCUT2D eigenvalue weighted by molar-refractivity contribution is 5.39. The minimum atomic E-state index is -4.51. The van der Waals surface area contributed by atoms with Gasteiger partial charge in [0.05, 0.1) is 17.0 Å². The van der Waals surface area contributed by atoms with Crippen molar-refractivity contribution in [2.75, 3.05) is 0 Å². The molecule has 0 saturated carbocycles. The van der Waals surface area contributed by atoms with Crippen molar-refractivity contribution < 1.29 is 18.3 Å². The largest absolute Gasteiger partial charge is 0.416 e. The first-order valence-corrected chi connectivity index (χ1v) is 6.52. The second-order valence-corrected chi connectivity index (χ2v) is 4.73. The summed E-state index contributed by atoms with van der Waals surface area (Å²) in [5.74, 6) is 0. The molecule has 0 saturated heterocycles. The molecule has 0 spiro atoms. The first-order chi connectivity index (χ1) is 9.84. The molecule has 1 aromatic carbocycles. The van der Waals surface area contributed by atoms with Crippen molar-refractivity contribution in [2.45, 2.75) is 32.5 Å². The van der Waals surface area contributed by atoms with E-state index in [1.165, 1.54) is 18.2 Å². The topological polar surface area (TPSA) is 46.0 Å². The summed E-state index contributed by atoms with van der Waals surface area (Å²) in [4.78, 5) is 0. The van der Waals surface area contributed by atoms with E-state index in [0.717, 1.165) is 6.07 Å². The predicted octanol–water partition coefficient (Wildman–Crippen LogP) is 3.45. The fraction of sp³-hybridized carbons (Fsp3) is 0.333. The highest BCUT2D eigenvalue weighted by Gasteiger charge is 2.35. The molecule has 0 aliphatic rings. The van der Waals surface area contributed by atoms with Gasteiger partial charge >= 0.3 is 6.18 Å². The number of aryl methyl sites for hydroxylation is 2. The van der Waals surface area contributed by atoms with Crippen LogP contribution < -0.4 is 0 Å². The highest BCUT2D eigenvalue weighted by atomic mass is 19.4. The van der Waals surface area contributed by atoms with Gasteiger partial charge in [-0.25, -0.2) is 0 Å². The van der Waals surface area contributed by atoms with Crippen molar-refractivity contribution in [1.29, 1.82) is 0 Å². The lowest BCUT2D eigenvalue weighted by Gasteiger charge is -2.19. The Balaban J connectivity index is 2.56. The van der Waals surface area contributed by atoms with Crippen LogP contribution in [0.25, 0.3) is 0 Å². The van der Waals surface area contributed by atoms with Gasteiger partial charge in [0.25, 0.3) is 0 Å². The lowest BCUT2D eigenvalue weighted by Crippen LogP contribution is -2.14. The van der Waals surface area contributed by atoms with E-state index in [0.29, 0.717) is 23.4 Å². The SMILES string of the molecule is CCc1nnc(C)cc1C(O)c1ccccc1C(F)(F)F. The van der Waals surface area contributed by atoms with E-state index in [1.807, 2.05) is 6.92 Å². The van der Waals surface area contributed by atoms with Crippen molar-refractivity contribution in [1.82, 2.24) is 10.2 Å². The Labute approximate surface area is 120 Å². The standard InChI is InChI=1S/C15H15F3N2O/c1-3-13-11(8-9(2)19-20-13)14(21)10-6-4-5-7-12(10)15(16,17)18/h4-8,14,21H,3H2,1-2H3. The quantitative estimate of drug-likeness (QED) is 0.943. The van der Waals surface area contributed by atoms with E-state index in [4.69, 9.17) is 0 Å². The second-order valence-electron chi connectivity index (χ2n) is 4.73. The number of nitrogens with zero attached hydrogens (tertiary/aromatic N) is 2. The number of aliphatic hydroxyl groups is 1. The molecule has 1 atom stereocenters. The predicted molar refractivity (Wildman–Crippen MR) is 71.7 cm³/mol. The minimum Gasteiger partial charge on any atom is -0.384 e. The Morgan fingerprint density at radius 2 is 1.81 bits per heavy atom. The van der Waals surface area contributed by atoms with Gasteiger partial charge in [0.2, 0.25) is 0 Å². The molecule has 0 aliphatic heterocycles. The van der Waals surface area contributed by atoms with Crippen LogP contribution >= 0.6 is 0 Å². The number of hydrogen-bond acceptors (Lipinski definition) is 3. The summed E-state index contributed by atoms with van der Waals surface area (Å²) in [6.45, 7) is 3.49. The van der Waals surface area contributed by atoms with Gasteiger partial charge in [-0.1, -0.05) is 25.1 Å². The van der Waals surface area contributed by atoms with Crippen LogP contribution in [0.4, 0.5) is 13.2 Å². The molecule has 2 aromatic rings.